The Morgan fingerprint density at radius 2 is 1.53 bits per heavy atom. The molecular formula is C22H14BrClN2O4. The van der Waals surface area contributed by atoms with E-state index in [-0.39, 0.29) is 40.6 Å². The van der Waals surface area contributed by atoms with E-state index >= 15 is 0 Å². The minimum absolute atomic E-state index is 0.00512. The zero-order valence-corrected chi connectivity index (χ0v) is 17.7. The zero-order chi connectivity index (χ0) is 21.3. The summed E-state index contributed by atoms with van der Waals surface area (Å²) in [7, 11) is 0. The van der Waals surface area contributed by atoms with Crippen LogP contribution in [0.3, 0.4) is 0 Å². The van der Waals surface area contributed by atoms with Crippen LogP contribution in [0.1, 0.15) is 36.8 Å². The van der Waals surface area contributed by atoms with Crippen LogP contribution in [0.2, 0.25) is 5.02 Å². The van der Waals surface area contributed by atoms with Gasteiger partial charge in [0.15, 0.2) is 10.4 Å². The molecule has 0 saturated heterocycles. The molecule has 0 radical (unpaired) electrons. The number of hydrogen-bond donors (Lipinski definition) is 2. The Morgan fingerprint density at radius 3 is 2.13 bits per heavy atom. The first-order valence-corrected chi connectivity index (χ1v) is 10.1. The van der Waals surface area contributed by atoms with E-state index in [2.05, 4.69) is 26.6 Å². The summed E-state index contributed by atoms with van der Waals surface area (Å²) in [6, 6.07) is 16.6. The fraction of sp³-hybridized carbons (Fsp3) is 0.0455. The molecule has 3 aromatic rings. The quantitative estimate of drug-likeness (QED) is 0.555. The first-order valence-electron chi connectivity index (χ1n) is 8.92. The molecule has 0 saturated carbocycles. The number of nitrogens with one attached hydrogen (secondary N) is 2. The van der Waals surface area contributed by atoms with Crippen LogP contribution in [0, 0.1) is 0 Å². The number of carbonyl (C=O) groups excluding carboxylic acids is 3. The SMILES string of the molecule is O=C(NC1=C(NCc2ccc(Cl)cc2)C(=O)c2ccccc2C1=O)c1ccc(Br)o1. The summed E-state index contributed by atoms with van der Waals surface area (Å²) in [6.07, 6.45) is 0. The van der Waals surface area contributed by atoms with Gasteiger partial charge in [0.2, 0.25) is 11.6 Å². The minimum atomic E-state index is -0.637. The molecular weight excluding hydrogens is 472 g/mol. The predicted octanol–water partition coefficient (Wildman–Crippen LogP) is 4.51. The van der Waals surface area contributed by atoms with Crippen molar-refractivity contribution < 1.29 is 18.8 Å². The van der Waals surface area contributed by atoms with Crippen LogP contribution in [-0.2, 0) is 6.54 Å². The molecule has 1 amide bonds. The van der Waals surface area contributed by atoms with Gasteiger partial charge >= 0.3 is 0 Å². The summed E-state index contributed by atoms with van der Waals surface area (Å²) in [5.41, 5.74) is 1.26. The number of carbonyl (C=O) groups is 3. The van der Waals surface area contributed by atoms with Crippen molar-refractivity contribution in [2.45, 2.75) is 6.54 Å². The maximum absolute atomic E-state index is 13.1. The van der Waals surface area contributed by atoms with Crippen molar-refractivity contribution in [1.29, 1.82) is 0 Å². The number of Topliss-reactive ketones (excluding diaryl/α,β-unsaturated/α-hetero) is 2. The van der Waals surface area contributed by atoms with Gasteiger partial charge in [0.1, 0.15) is 11.4 Å². The molecule has 0 unspecified atom stereocenters. The average molecular weight is 486 g/mol. The van der Waals surface area contributed by atoms with Crippen LogP contribution < -0.4 is 10.6 Å². The monoisotopic (exact) mass is 484 g/mol. The van der Waals surface area contributed by atoms with Crippen molar-refractivity contribution in [3.63, 3.8) is 0 Å². The van der Waals surface area contributed by atoms with E-state index < -0.39 is 11.7 Å². The van der Waals surface area contributed by atoms with Crippen molar-refractivity contribution >= 4 is 45.0 Å². The van der Waals surface area contributed by atoms with E-state index in [1.807, 2.05) is 0 Å². The zero-order valence-electron chi connectivity index (χ0n) is 15.4. The minimum Gasteiger partial charge on any atom is -0.444 e. The number of amides is 1. The van der Waals surface area contributed by atoms with Gasteiger partial charge in [-0.25, -0.2) is 0 Å². The van der Waals surface area contributed by atoms with Crippen molar-refractivity contribution in [3.05, 3.63) is 104 Å². The summed E-state index contributed by atoms with van der Waals surface area (Å²) in [5.74, 6) is -1.47. The lowest BCUT2D eigenvalue weighted by Gasteiger charge is -2.22. The molecule has 0 bridgehead atoms. The molecule has 1 aromatic heterocycles. The van der Waals surface area contributed by atoms with Crippen molar-refractivity contribution in [2.24, 2.45) is 0 Å². The largest absolute Gasteiger partial charge is 0.444 e. The Morgan fingerprint density at radius 1 is 0.900 bits per heavy atom. The molecule has 30 heavy (non-hydrogen) atoms. The molecule has 0 spiro atoms. The summed E-state index contributed by atoms with van der Waals surface area (Å²) in [4.78, 5) is 38.8. The number of allylic oxidation sites excluding steroid dienone is 2. The smallest absolute Gasteiger partial charge is 0.291 e. The second-order valence-electron chi connectivity index (χ2n) is 6.49. The molecule has 1 aliphatic rings. The first kappa shape index (κ1) is 20.1. The van der Waals surface area contributed by atoms with E-state index in [9.17, 15) is 14.4 Å². The molecule has 8 heteroatoms. The average Bonchev–Trinajstić information content (AvgIpc) is 3.19. The first-order chi connectivity index (χ1) is 14.4. The number of halogens is 2. The fourth-order valence-electron chi connectivity index (χ4n) is 3.07. The van der Waals surface area contributed by atoms with Gasteiger partial charge in [-0.3, -0.25) is 14.4 Å². The Hall–Kier alpha value is -3.16. The highest BCUT2D eigenvalue weighted by molar-refractivity contribution is 9.10. The summed E-state index contributed by atoms with van der Waals surface area (Å²) < 4.78 is 5.62. The third-order valence-electron chi connectivity index (χ3n) is 4.54. The molecule has 0 atom stereocenters. The van der Waals surface area contributed by atoms with Gasteiger partial charge in [-0.05, 0) is 45.8 Å². The predicted molar refractivity (Wildman–Crippen MR) is 114 cm³/mol. The fourth-order valence-corrected chi connectivity index (χ4v) is 3.50. The highest BCUT2D eigenvalue weighted by atomic mass is 79.9. The molecule has 2 N–H and O–H groups in total. The topological polar surface area (TPSA) is 88.4 Å². The third-order valence-corrected chi connectivity index (χ3v) is 5.22. The van der Waals surface area contributed by atoms with E-state index in [1.165, 1.54) is 6.07 Å². The maximum atomic E-state index is 13.1. The molecule has 1 heterocycles. The molecule has 6 nitrogen and oxygen atoms in total. The van der Waals surface area contributed by atoms with E-state index in [4.69, 9.17) is 16.0 Å². The lowest BCUT2D eigenvalue weighted by atomic mass is 9.90. The Kier molecular flexibility index (Phi) is 5.57. The Bertz CT molecular complexity index is 1200. The molecule has 0 fully saturated rings. The van der Waals surface area contributed by atoms with Gasteiger partial charge in [0.05, 0.1) is 0 Å². The van der Waals surface area contributed by atoms with Gasteiger partial charge in [-0.2, -0.15) is 0 Å². The summed E-state index contributed by atoms with van der Waals surface area (Å²) in [6.45, 7) is 0.263. The maximum Gasteiger partial charge on any atom is 0.291 e. The van der Waals surface area contributed by atoms with Crippen LogP contribution in [-0.4, -0.2) is 17.5 Å². The van der Waals surface area contributed by atoms with E-state index in [0.29, 0.717) is 9.69 Å². The van der Waals surface area contributed by atoms with Gasteiger partial charge in [-0.1, -0.05) is 48.0 Å². The Labute approximate surface area is 185 Å². The summed E-state index contributed by atoms with van der Waals surface area (Å²) >= 11 is 9.05. The van der Waals surface area contributed by atoms with Crippen molar-refractivity contribution in [2.75, 3.05) is 0 Å². The van der Waals surface area contributed by atoms with Gasteiger partial charge in [-0.15, -0.1) is 0 Å². The lowest BCUT2D eigenvalue weighted by molar-refractivity contribution is 0.0900. The van der Waals surface area contributed by atoms with E-state index in [1.54, 1.807) is 54.6 Å². The van der Waals surface area contributed by atoms with E-state index in [0.717, 1.165) is 5.56 Å². The number of benzene rings is 2. The second-order valence-corrected chi connectivity index (χ2v) is 7.71. The number of hydrogen-bond acceptors (Lipinski definition) is 5. The van der Waals surface area contributed by atoms with Crippen LogP contribution in [0.25, 0.3) is 0 Å². The lowest BCUT2D eigenvalue weighted by Crippen LogP contribution is -2.38. The van der Waals surface area contributed by atoms with Crippen LogP contribution >= 0.6 is 27.5 Å². The Balaban J connectivity index is 1.69. The number of furan rings is 1. The highest BCUT2D eigenvalue weighted by Gasteiger charge is 2.33. The molecule has 1 aliphatic carbocycles. The van der Waals surface area contributed by atoms with Crippen molar-refractivity contribution in [1.82, 2.24) is 10.6 Å². The third kappa shape index (κ3) is 3.94. The normalized spacial score (nSPS) is 13.3. The number of rotatable bonds is 5. The summed E-state index contributed by atoms with van der Waals surface area (Å²) in [5, 5.41) is 6.13. The van der Waals surface area contributed by atoms with Crippen LogP contribution in [0.15, 0.2) is 81.1 Å². The molecule has 0 aliphatic heterocycles. The second kappa shape index (κ2) is 8.30. The van der Waals surface area contributed by atoms with Crippen LogP contribution in [0.4, 0.5) is 0 Å². The molecule has 150 valence electrons. The van der Waals surface area contributed by atoms with Gasteiger partial charge < -0.3 is 15.1 Å². The molecule has 2 aromatic carbocycles. The highest BCUT2D eigenvalue weighted by Crippen LogP contribution is 2.25. The molecule has 4 rings (SSSR count). The van der Waals surface area contributed by atoms with Crippen LogP contribution in [0.5, 0.6) is 0 Å². The van der Waals surface area contributed by atoms with Gasteiger partial charge in [0, 0.05) is 22.7 Å². The van der Waals surface area contributed by atoms with Crippen molar-refractivity contribution in [3.8, 4) is 0 Å². The van der Waals surface area contributed by atoms with Gasteiger partial charge in [0.25, 0.3) is 5.91 Å². The standard InChI is InChI=1S/C22H14BrClN2O4/c23-17-10-9-16(30-17)22(29)26-19-18(25-11-12-5-7-13(24)8-6-12)20(27)14-3-1-2-4-15(14)21(19)28/h1-10,25H,11H2,(H,26,29). The number of ketones is 2. The number of fused-ring (bicyclic) bond motifs is 1.